The van der Waals surface area contributed by atoms with Gasteiger partial charge in [-0.05, 0) is 49.7 Å². The molecule has 0 amide bonds. The fraction of sp³-hybridized carbons (Fsp3) is 0.409. The van der Waals surface area contributed by atoms with Gasteiger partial charge in [-0.15, -0.1) is 0 Å². The summed E-state index contributed by atoms with van der Waals surface area (Å²) >= 11 is 6.17. The molecule has 1 unspecified atom stereocenters. The molecule has 0 aromatic heterocycles. The van der Waals surface area contributed by atoms with Crippen molar-refractivity contribution in [1.82, 2.24) is 4.90 Å². The van der Waals surface area contributed by atoms with Crippen molar-refractivity contribution < 1.29 is 14.6 Å². The number of halogens is 1. The molecule has 1 saturated heterocycles. The van der Waals surface area contributed by atoms with Gasteiger partial charge in [-0.25, -0.2) is 0 Å². The van der Waals surface area contributed by atoms with Gasteiger partial charge in [0.05, 0.1) is 19.1 Å². The van der Waals surface area contributed by atoms with Crippen molar-refractivity contribution in [3.05, 3.63) is 59.6 Å². The maximum absolute atomic E-state index is 11.2. The molecule has 2 aromatic carbocycles. The van der Waals surface area contributed by atoms with Crippen molar-refractivity contribution >= 4 is 28.9 Å². The number of piperidine rings is 1. The second-order valence-electron chi connectivity index (χ2n) is 7.06. The first-order valence-electron chi connectivity index (χ1n) is 9.74. The first-order chi connectivity index (χ1) is 13.6. The molecule has 1 N–H and O–H groups in total. The van der Waals surface area contributed by atoms with Crippen molar-refractivity contribution in [3.63, 3.8) is 0 Å². The fourth-order valence-corrected chi connectivity index (χ4v) is 3.76. The van der Waals surface area contributed by atoms with Gasteiger partial charge >= 0.3 is 5.97 Å². The number of benzene rings is 2. The van der Waals surface area contributed by atoms with E-state index in [1.165, 1.54) is 0 Å². The highest BCUT2D eigenvalue weighted by Crippen LogP contribution is 2.27. The molecule has 2 aromatic rings. The number of para-hydroxylation sites is 1. The molecule has 1 atom stereocenters. The Balaban J connectivity index is 1.50. The van der Waals surface area contributed by atoms with Gasteiger partial charge in [-0.3, -0.25) is 4.79 Å². The van der Waals surface area contributed by atoms with Gasteiger partial charge in [-0.1, -0.05) is 35.9 Å². The van der Waals surface area contributed by atoms with E-state index in [0.29, 0.717) is 31.3 Å². The highest BCUT2D eigenvalue weighted by atomic mass is 35.5. The van der Waals surface area contributed by atoms with Crippen LogP contribution in [0.4, 0.5) is 11.4 Å². The number of rotatable bonds is 9. The van der Waals surface area contributed by atoms with E-state index in [0.717, 1.165) is 37.3 Å². The number of carboxylic acids is 1. The van der Waals surface area contributed by atoms with E-state index in [1.54, 1.807) is 0 Å². The Labute approximate surface area is 171 Å². The largest absolute Gasteiger partial charge is 0.481 e. The van der Waals surface area contributed by atoms with Gasteiger partial charge in [0.1, 0.15) is 0 Å². The Morgan fingerprint density at radius 3 is 2.68 bits per heavy atom. The molecule has 28 heavy (non-hydrogen) atoms. The van der Waals surface area contributed by atoms with Gasteiger partial charge in [0.25, 0.3) is 0 Å². The molecule has 3 rings (SSSR count). The lowest BCUT2D eigenvalue weighted by Gasteiger charge is -2.30. The van der Waals surface area contributed by atoms with Crippen LogP contribution in [0.25, 0.3) is 0 Å². The van der Waals surface area contributed by atoms with Crippen LogP contribution in [0, 0.1) is 5.92 Å². The average Bonchev–Trinajstić information content (AvgIpc) is 2.71. The highest BCUT2D eigenvalue weighted by Gasteiger charge is 2.24. The molecule has 0 saturated carbocycles. The van der Waals surface area contributed by atoms with E-state index < -0.39 is 5.97 Å². The predicted octanol–water partition coefficient (Wildman–Crippen LogP) is 4.29. The molecule has 5 nitrogen and oxygen atoms in total. The monoisotopic (exact) mass is 402 g/mol. The van der Waals surface area contributed by atoms with E-state index >= 15 is 0 Å². The summed E-state index contributed by atoms with van der Waals surface area (Å²) in [5.41, 5.74) is 2.12. The van der Waals surface area contributed by atoms with Crippen LogP contribution in [0.15, 0.2) is 54.6 Å². The van der Waals surface area contributed by atoms with Crippen LogP contribution in [-0.4, -0.2) is 55.4 Å². The summed E-state index contributed by atoms with van der Waals surface area (Å²) in [6.45, 7) is 4.24. The number of likely N-dealkylation sites (tertiary alicyclic amines) is 1. The van der Waals surface area contributed by atoms with Gasteiger partial charge in [0.15, 0.2) is 0 Å². The molecule has 0 aliphatic carbocycles. The number of nitrogens with zero attached hydrogens (tertiary/aromatic N) is 2. The third-order valence-electron chi connectivity index (χ3n) is 5.05. The molecule has 0 bridgehead atoms. The lowest BCUT2D eigenvalue weighted by atomic mass is 9.98. The van der Waals surface area contributed by atoms with Crippen molar-refractivity contribution in [2.75, 3.05) is 44.3 Å². The minimum Gasteiger partial charge on any atom is -0.481 e. The Morgan fingerprint density at radius 1 is 1.14 bits per heavy atom. The minimum absolute atomic E-state index is 0.245. The Kier molecular flexibility index (Phi) is 7.71. The molecule has 1 fully saturated rings. The zero-order chi connectivity index (χ0) is 19.8. The number of carbonyl (C=O) groups is 1. The van der Waals surface area contributed by atoms with E-state index in [-0.39, 0.29) is 5.92 Å². The Hall–Kier alpha value is -2.08. The van der Waals surface area contributed by atoms with Crippen molar-refractivity contribution in [1.29, 1.82) is 0 Å². The van der Waals surface area contributed by atoms with Crippen LogP contribution in [0.3, 0.4) is 0 Å². The highest BCUT2D eigenvalue weighted by molar-refractivity contribution is 6.30. The summed E-state index contributed by atoms with van der Waals surface area (Å²) in [5, 5.41) is 9.90. The molecule has 150 valence electrons. The summed E-state index contributed by atoms with van der Waals surface area (Å²) in [7, 11) is 0. The van der Waals surface area contributed by atoms with Gasteiger partial charge < -0.3 is 19.6 Å². The summed E-state index contributed by atoms with van der Waals surface area (Å²) in [6.07, 6.45) is 1.71. The number of ether oxygens (including phenoxy) is 1. The number of anilines is 2. The van der Waals surface area contributed by atoms with Gasteiger partial charge in [0.2, 0.25) is 0 Å². The molecule has 1 aliphatic heterocycles. The molecule has 1 aliphatic rings. The molecule has 0 radical (unpaired) electrons. The second kappa shape index (κ2) is 10.5. The Morgan fingerprint density at radius 2 is 1.93 bits per heavy atom. The quantitative estimate of drug-likeness (QED) is 0.634. The van der Waals surface area contributed by atoms with Crippen molar-refractivity contribution in [2.24, 2.45) is 5.92 Å². The van der Waals surface area contributed by atoms with Crippen LogP contribution >= 0.6 is 11.6 Å². The van der Waals surface area contributed by atoms with E-state index in [9.17, 15) is 9.90 Å². The van der Waals surface area contributed by atoms with Gasteiger partial charge in [0, 0.05) is 36.0 Å². The van der Waals surface area contributed by atoms with Crippen molar-refractivity contribution in [2.45, 2.75) is 12.8 Å². The molecule has 0 spiro atoms. The van der Waals surface area contributed by atoms with Crippen LogP contribution < -0.4 is 4.90 Å². The lowest BCUT2D eigenvalue weighted by molar-refractivity contribution is -0.143. The SMILES string of the molecule is O=C(O)C1CCCN(CCOCCN(c2ccccc2)c2cccc(Cl)c2)C1. The number of aliphatic carboxylic acids is 1. The summed E-state index contributed by atoms with van der Waals surface area (Å²) in [6, 6.07) is 18.0. The molecular weight excluding hydrogens is 376 g/mol. The number of hydrogen-bond donors (Lipinski definition) is 1. The minimum atomic E-state index is -0.689. The van der Waals surface area contributed by atoms with E-state index in [1.807, 2.05) is 42.5 Å². The van der Waals surface area contributed by atoms with Crippen molar-refractivity contribution in [3.8, 4) is 0 Å². The first kappa shape index (κ1) is 20.6. The number of hydrogen-bond acceptors (Lipinski definition) is 4. The topological polar surface area (TPSA) is 53.0 Å². The first-order valence-corrected chi connectivity index (χ1v) is 10.1. The summed E-state index contributed by atoms with van der Waals surface area (Å²) in [5.74, 6) is -0.934. The summed E-state index contributed by atoms with van der Waals surface area (Å²) < 4.78 is 5.87. The fourth-order valence-electron chi connectivity index (χ4n) is 3.57. The van der Waals surface area contributed by atoms with Crippen LogP contribution in [0.2, 0.25) is 5.02 Å². The maximum Gasteiger partial charge on any atom is 0.307 e. The third-order valence-corrected chi connectivity index (χ3v) is 5.29. The normalized spacial score (nSPS) is 17.4. The molecule has 1 heterocycles. The summed E-state index contributed by atoms with van der Waals surface area (Å²) in [4.78, 5) is 15.5. The average molecular weight is 403 g/mol. The predicted molar refractivity (Wildman–Crippen MR) is 113 cm³/mol. The van der Waals surface area contributed by atoms with Crippen LogP contribution in [-0.2, 0) is 9.53 Å². The van der Waals surface area contributed by atoms with Gasteiger partial charge in [-0.2, -0.15) is 0 Å². The van der Waals surface area contributed by atoms with Crippen LogP contribution in [0.5, 0.6) is 0 Å². The lowest BCUT2D eigenvalue weighted by Crippen LogP contribution is -2.40. The maximum atomic E-state index is 11.2. The smallest absolute Gasteiger partial charge is 0.307 e. The molecular formula is C22H27ClN2O3. The third kappa shape index (κ3) is 5.96. The van der Waals surface area contributed by atoms with E-state index in [4.69, 9.17) is 16.3 Å². The Bertz CT molecular complexity index is 756. The zero-order valence-electron chi connectivity index (χ0n) is 16.0. The zero-order valence-corrected chi connectivity index (χ0v) is 16.7. The van der Waals surface area contributed by atoms with Crippen LogP contribution in [0.1, 0.15) is 12.8 Å². The molecule has 6 heteroatoms. The number of carboxylic acid groups (broad SMARTS) is 1. The standard InChI is InChI=1S/C22H27ClN2O3/c23-19-7-4-10-21(16-19)25(20-8-2-1-3-9-20)13-15-28-14-12-24-11-5-6-18(17-24)22(26)27/h1-4,7-10,16,18H,5-6,11-15,17H2,(H,26,27). The van der Waals surface area contributed by atoms with E-state index in [2.05, 4.69) is 21.9 Å². The second-order valence-corrected chi connectivity index (χ2v) is 7.49.